The molecule has 0 aliphatic rings. The fraction of sp³-hybridized carbons (Fsp3) is 0.133. The molecule has 0 unspecified atom stereocenters. The molecule has 2 aromatic carbocycles. The monoisotopic (exact) mass is 315 g/mol. The Labute approximate surface area is 132 Å². The summed E-state index contributed by atoms with van der Waals surface area (Å²) in [6, 6.07) is 15.5. The van der Waals surface area contributed by atoms with Crippen LogP contribution in [-0.2, 0) is 13.2 Å². The normalized spacial score (nSPS) is 10.4. The Kier molecular flexibility index (Phi) is 4.50. The van der Waals surface area contributed by atoms with E-state index in [-0.39, 0.29) is 0 Å². The highest BCUT2D eigenvalue weighted by atomic mass is 35.5. The Balaban J connectivity index is 1.51. The Morgan fingerprint density at radius 3 is 2.41 bits per heavy atom. The average Bonchev–Trinajstić information content (AvgIpc) is 3.07. The van der Waals surface area contributed by atoms with Crippen LogP contribution in [0.5, 0.6) is 5.75 Å². The smallest absolute Gasteiger partial charge is 0.263 e. The molecule has 1 aromatic heterocycles. The summed E-state index contributed by atoms with van der Waals surface area (Å²) >= 11 is 5.85. The molecular weight excluding hydrogens is 302 g/mol. The molecule has 0 bridgehead atoms. The second-order valence-electron chi connectivity index (χ2n) is 4.65. The Morgan fingerprint density at radius 2 is 1.73 bits per heavy atom. The van der Waals surface area contributed by atoms with Gasteiger partial charge in [0.2, 0.25) is 0 Å². The molecule has 22 heavy (non-hydrogen) atoms. The maximum atomic E-state index is 5.85. The number of H-pyrrole nitrogens is 1. The lowest BCUT2D eigenvalue weighted by atomic mass is 10.2. The number of halogens is 1. The molecule has 0 saturated carbocycles. The van der Waals surface area contributed by atoms with Crippen LogP contribution >= 0.6 is 11.6 Å². The van der Waals surface area contributed by atoms with Crippen LogP contribution in [0.4, 0.5) is 5.95 Å². The average molecular weight is 316 g/mol. The topological polar surface area (TPSA) is 75.7 Å². The summed E-state index contributed by atoms with van der Waals surface area (Å²) in [5.41, 5.74) is 2.18. The molecule has 7 heteroatoms. The van der Waals surface area contributed by atoms with Gasteiger partial charge in [0.25, 0.3) is 5.95 Å². The molecule has 112 valence electrons. The SMILES string of the molecule is Clc1ccc(COc2ccc(CNc3nn[nH]n3)cc2)cc1. The molecule has 1 heterocycles. The lowest BCUT2D eigenvalue weighted by Crippen LogP contribution is -2.01. The van der Waals surface area contributed by atoms with Gasteiger partial charge >= 0.3 is 0 Å². The quantitative estimate of drug-likeness (QED) is 0.731. The van der Waals surface area contributed by atoms with Crippen LogP contribution in [0.1, 0.15) is 11.1 Å². The van der Waals surface area contributed by atoms with Crippen molar-refractivity contribution < 1.29 is 4.74 Å². The summed E-state index contributed by atoms with van der Waals surface area (Å²) in [4.78, 5) is 0. The highest BCUT2D eigenvalue weighted by molar-refractivity contribution is 6.30. The van der Waals surface area contributed by atoms with E-state index in [4.69, 9.17) is 16.3 Å². The predicted octanol–water partition coefficient (Wildman–Crippen LogP) is 3.04. The summed E-state index contributed by atoms with van der Waals surface area (Å²) in [5, 5.41) is 17.3. The molecular formula is C15H14ClN5O. The number of benzene rings is 2. The van der Waals surface area contributed by atoms with E-state index >= 15 is 0 Å². The van der Waals surface area contributed by atoms with Crippen molar-refractivity contribution >= 4 is 17.5 Å². The van der Waals surface area contributed by atoms with Gasteiger partial charge in [-0.3, -0.25) is 0 Å². The first-order valence-corrected chi connectivity index (χ1v) is 7.11. The van der Waals surface area contributed by atoms with Crippen molar-refractivity contribution in [2.24, 2.45) is 0 Å². The van der Waals surface area contributed by atoms with Gasteiger partial charge in [-0.05, 0) is 40.6 Å². The third-order valence-corrected chi connectivity index (χ3v) is 3.29. The molecule has 3 rings (SSSR count). The summed E-state index contributed by atoms with van der Waals surface area (Å²) in [5.74, 6) is 1.29. The van der Waals surface area contributed by atoms with Crippen molar-refractivity contribution in [2.75, 3.05) is 5.32 Å². The minimum atomic E-state index is 0.475. The fourth-order valence-electron chi connectivity index (χ4n) is 1.87. The number of ether oxygens (including phenoxy) is 1. The second-order valence-corrected chi connectivity index (χ2v) is 5.08. The molecule has 0 amide bonds. The zero-order valence-corrected chi connectivity index (χ0v) is 12.4. The first kappa shape index (κ1) is 14.3. The maximum absolute atomic E-state index is 5.85. The predicted molar refractivity (Wildman–Crippen MR) is 83.7 cm³/mol. The van der Waals surface area contributed by atoms with Gasteiger partial charge in [0.15, 0.2) is 0 Å². The fourth-order valence-corrected chi connectivity index (χ4v) is 1.99. The standard InChI is InChI=1S/C15H14ClN5O/c16-13-5-1-12(2-6-13)10-22-14-7-3-11(4-8-14)9-17-15-18-20-21-19-15/h1-8H,9-10H2,(H2,17,18,19,20,21). The van der Waals surface area contributed by atoms with Gasteiger partial charge in [-0.25, -0.2) is 0 Å². The molecule has 0 radical (unpaired) electrons. The largest absolute Gasteiger partial charge is 0.489 e. The number of nitrogens with zero attached hydrogens (tertiary/aromatic N) is 3. The van der Waals surface area contributed by atoms with Gasteiger partial charge < -0.3 is 10.1 Å². The van der Waals surface area contributed by atoms with Crippen molar-refractivity contribution in [3.05, 3.63) is 64.7 Å². The van der Waals surface area contributed by atoms with Gasteiger partial charge in [-0.2, -0.15) is 5.21 Å². The number of aromatic nitrogens is 4. The van der Waals surface area contributed by atoms with E-state index in [9.17, 15) is 0 Å². The van der Waals surface area contributed by atoms with Gasteiger partial charge in [0.05, 0.1) is 0 Å². The third kappa shape index (κ3) is 3.95. The Hall–Kier alpha value is -2.60. The Bertz CT molecular complexity index is 698. The van der Waals surface area contributed by atoms with Crippen LogP contribution in [0, 0.1) is 0 Å². The van der Waals surface area contributed by atoms with E-state index in [1.54, 1.807) is 0 Å². The van der Waals surface area contributed by atoms with E-state index < -0.39 is 0 Å². The van der Waals surface area contributed by atoms with Crippen molar-refractivity contribution in [3.63, 3.8) is 0 Å². The molecule has 3 aromatic rings. The number of aromatic amines is 1. The van der Waals surface area contributed by atoms with E-state index in [1.807, 2.05) is 48.5 Å². The molecule has 0 atom stereocenters. The number of rotatable bonds is 6. The molecule has 0 aliphatic heterocycles. The van der Waals surface area contributed by atoms with E-state index in [2.05, 4.69) is 25.9 Å². The van der Waals surface area contributed by atoms with Gasteiger partial charge in [0.1, 0.15) is 12.4 Å². The van der Waals surface area contributed by atoms with E-state index in [1.165, 1.54) is 0 Å². The van der Waals surface area contributed by atoms with Crippen LogP contribution < -0.4 is 10.1 Å². The molecule has 0 saturated heterocycles. The number of tetrazole rings is 1. The van der Waals surface area contributed by atoms with Crippen molar-refractivity contribution in [3.8, 4) is 5.75 Å². The maximum Gasteiger partial charge on any atom is 0.263 e. The number of nitrogens with one attached hydrogen (secondary N) is 2. The van der Waals surface area contributed by atoms with Crippen LogP contribution in [0.2, 0.25) is 5.02 Å². The number of hydrogen-bond acceptors (Lipinski definition) is 5. The third-order valence-electron chi connectivity index (χ3n) is 3.04. The Morgan fingerprint density at radius 1 is 1.00 bits per heavy atom. The van der Waals surface area contributed by atoms with Crippen LogP contribution in [-0.4, -0.2) is 20.6 Å². The summed E-state index contributed by atoms with van der Waals surface area (Å²) < 4.78 is 5.73. The lowest BCUT2D eigenvalue weighted by Gasteiger charge is -2.08. The highest BCUT2D eigenvalue weighted by Gasteiger charge is 2.00. The first-order chi connectivity index (χ1) is 10.8. The zero-order valence-electron chi connectivity index (χ0n) is 11.7. The summed E-state index contributed by atoms with van der Waals surface area (Å²) in [6.45, 7) is 1.13. The van der Waals surface area contributed by atoms with Crippen LogP contribution in [0.25, 0.3) is 0 Å². The van der Waals surface area contributed by atoms with E-state index in [0.717, 1.165) is 21.9 Å². The van der Waals surface area contributed by atoms with Crippen molar-refractivity contribution in [2.45, 2.75) is 13.2 Å². The summed E-state index contributed by atoms with van der Waals surface area (Å²) in [6.07, 6.45) is 0. The number of anilines is 1. The van der Waals surface area contributed by atoms with Crippen LogP contribution in [0.15, 0.2) is 48.5 Å². The summed E-state index contributed by atoms with van der Waals surface area (Å²) in [7, 11) is 0. The minimum Gasteiger partial charge on any atom is -0.489 e. The van der Waals surface area contributed by atoms with Gasteiger partial charge in [0, 0.05) is 11.6 Å². The van der Waals surface area contributed by atoms with Gasteiger partial charge in [-0.1, -0.05) is 41.0 Å². The van der Waals surface area contributed by atoms with Crippen LogP contribution in [0.3, 0.4) is 0 Å². The molecule has 6 nitrogen and oxygen atoms in total. The first-order valence-electron chi connectivity index (χ1n) is 6.73. The van der Waals surface area contributed by atoms with Crippen molar-refractivity contribution in [1.82, 2.24) is 20.6 Å². The number of hydrogen-bond donors (Lipinski definition) is 2. The molecule has 0 aliphatic carbocycles. The highest BCUT2D eigenvalue weighted by Crippen LogP contribution is 2.16. The molecule has 2 N–H and O–H groups in total. The van der Waals surface area contributed by atoms with Gasteiger partial charge in [-0.15, -0.1) is 5.10 Å². The van der Waals surface area contributed by atoms with Crippen molar-refractivity contribution in [1.29, 1.82) is 0 Å². The minimum absolute atomic E-state index is 0.475. The molecule has 0 fully saturated rings. The zero-order chi connectivity index (χ0) is 15.2. The lowest BCUT2D eigenvalue weighted by molar-refractivity contribution is 0.306. The van der Waals surface area contributed by atoms with E-state index in [0.29, 0.717) is 19.1 Å². The second kappa shape index (κ2) is 6.91. The molecule has 0 spiro atoms.